The highest BCUT2D eigenvalue weighted by atomic mass is 32.2. The van der Waals surface area contributed by atoms with Crippen molar-refractivity contribution in [3.05, 3.63) is 71.7 Å². The van der Waals surface area contributed by atoms with Gasteiger partial charge in [-0.2, -0.15) is 19.5 Å². The van der Waals surface area contributed by atoms with Gasteiger partial charge in [0, 0.05) is 24.2 Å². The van der Waals surface area contributed by atoms with Crippen LogP contribution in [0.25, 0.3) is 22.8 Å². The second-order valence-electron chi connectivity index (χ2n) is 8.16. The normalized spacial score (nSPS) is 16.9. The fourth-order valence-electron chi connectivity index (χ4n) is 3.96. The molecule has 0 aliphatic carbocycles. The second-order valence-corrected chi connectivity index (χ2v) is 9.99. The Morgan fingerprint density at radius 1 is 1.06 bits per heavy atom. The van der Waals surface area contributed by atoms with E-state index in [4.69, 9.17) is 8.94 Å². The number of rotatable bonds is 5. The van der Waals surface area contributed by atoms with Gasteiger partial charge in [0.15, 0.2) is 5.69 Å². The van der Waals surface area contributed by atoms with Crippen LogP contribution >= 0.6 is 0 Å². The average Bonchev–Trinajstić information content (AvgIpc) is 3.53. The number of hydrogen-bond acceptors (Lipinski definition) is 8. The van der Waals surface area contributed by atoms with Gasteiger partial charge < -0.3 is 8.94 Å². The van der Waals surface area contributed by atoms with Crippen molar-refractivity contribution in [2.75, 3.05) is 13.1 Å². The smallest absolute Gasteiger partial charge is 0.279 e. The van der Waals surface area contributed by atoms with Crippen LogP contribution in [0.2, 0.25) is 0 Å². The molecule has 1 unspecified atom stereocenters. The fourth-order valence-corrected chi connectivity index (χ4v) is 5.46. The largest absolute Gasteiger partial charge is 0.422 e. The number of benzene rings is 2. The van der Waals surface area contributed by atoms with Crippen LogP contribution in [-0.2, 0) is 10.0 Å². The lowest BCUT2D eigenvalue weighted by atomic mass is 10.00. The molecule has 5 rings (SSSR count). The molecule has 0 spiro atoms. The first-order valence-corrected chi connectivity index (χ1v) is 12.3. The van der Waals surface area contributed by atoms with Crippen LogP contribution in [0.15, 0.2) is 68.6 Å². The standard InChI is InChI=1S/C24H21N5O4S/c1-16-9-11-18(12-10-16)22-26-20(14-25)24(32-22)34(30,31)29-13-5-8-19(15-29)23-27-21(28-33-23)17-6-3-2-4-7-17/h2-4,6-7,9-12,19H,5,8,13,15H2,1H3. The number of nitriles is 1. The molecule has 0 N–H and O–H groups in total. The van der Waals surface area contributed by atoms with Crippen molar-refractivity contribution >= 4 is 10.0 Å². The Bertz CT molecular complexity index is 1450. The van der Waals surface area contributed by atoms with Gasteiger partial charge in [-0.05, 0) is 31.9 Å². The van der Waals surface area contributed by atoms with Crippen molar-refractivity contribution in [1.29, 1.82) is 5.26 Å². The number of oxazole rings is 1. The van der Waals surface area contributed by atoms with E-state index in [-0.39, 0.29) is 24.0 Å². The average molecular weight is 476 g/mol. The summed E-state index contributed by atoms with van der Waals surface area (Å²) in [4.78, 5) is 8.62. The molecule has 0 saturated carbocycles. The summed E-state index contributed by atoms with van der Waals surface area (Å²) < 4.78 is 39.3. The molecule has 1 atom stereocenters. The minimum absolute atomic E-state index is 0.0908. The minimum atomic E-state index is -4.09. The van der Waals surface area contributed by atoms with Crippen LogP contribution in [0, 0.1) is 18.3 Å². The molecule has 1 aliphatic rings. The summed E-state index contributed by atoms with van der Waals surface area (Å²) in [5.74, 6) is 0.670. The fraction of sp³-hybridized carbons (Fsp3) is 0.250. The maximum absolute atomic E-state index is 13.4. The van der Waals surface area contributed by atoms with Gasteiger partial charge in [0.1, 0.15) is 6.07 Å². The topological polar surface area (TPSA) is 126 Å². The Kier molecular flexibility index (Phi) is 5.73. The van der Waals surface area contributed by atoms with Crippen molar-refractivity contribution in [2.45, 2.75) is 30.8 Å². The van der Waals surface area contributed by atoms with Crippen molar-refractivity contribution < 1.29 is 17.4 Å². The number of nitrogens with zero attached hydrogens (tertiary/aromatic N) is 5. The van der Waals surface area contributed by atoms with E-state index >= 15 is 0 Å². The molecule has 9 nitrogen and oxygen atoms in total. The third-order valence-corrected chi connectivity index (χ3v) is 7.54. The predicted octanol–water partition coefficient (Wildman–Crippen LogP) is 4.14. The van der Waals surface area contributed by atoms with Gasteiger partial charge in [-0.25, -0.2) is 8.42 Å². The lowest BCUT2D eigenvalue weighted by molar-refractivity contribution is 0.262. The molecule has 0 amide bonds. The first-order valence-electron chi connectivity index (χ1n) is 10.8. The molecule has 172 valence electrons. The van der Waals surface area contributed by atoms with Gasteiger partial charge in [0.25, 0.3) is 15.1 Å². The molecule has 0 radical (unpaired) electrons. The van der Waals surface area contributed by atoms with E-state index in [1.807, 2.05) is 55.5 Å². The molecule has 2 aromatic carbocycles. The van der Waals surface area contributed by atoms with Crippen LogP contribution in [0.4, 0.5) is 0 Å². The maximum Gasteiger partial charge on any atom is 0.279 e. The molecule has 2 aromatic heterocycles. The zero-order chi connectivity index (χ0) is 23.7. The SMILES string of the molecule is Cc1ccc(-c2nc(C#N)c(S(=O)(=O)N3CCCC(c4nc(-c5ccccc5)no4)C3)o2)cc1. The number of sulfonamides is 1. The number of aromatic nitrogens is 3. The summed E-state index contributed by atoms with van der Waals surface area (Å²) in [5, 5.41) is 13.1. The summed E-state index contributed by atoms with van der Waals surface area (Å²) >= 11 is 0. The second kappa shape index (κ2) is 8.85. The molecule has 3 heterocycles. The van der Waals surface area contributed by atoms with Gasteiger partial charge in [0.05, 0.1) is 5.92 Å². The van der Waals surface area contributed by atoms with Gasteiger partial charge >= 0.3 is 0 Å². The number of piperidine rings is 1. The van der Waals surface area contributed by atoms with Crippen LogP contribution in [0.3, 0.4) is 0 Å². The first-order chi connectivity index (χ1) is 16.5. The first kappa shape index (κ1) is 22.0. The van der Waals surface area contributed by atoms with Crippen molar-refractivity contribution in [3.63, 3.8) is 0 Å². The molecule has 1 fully saturated rings. The minimum Gasteiger partial charge on any atom is -0.422 e. The van der Waals surface area contributed by atoms with E-state index in [0.717, 1.165) is 11.1 Å². The zero-order valence-corrected chi connectivity index (χ0v) is 19.2. The van der Waals surface area contributed by atoms with Crippen LogP contribution in [-0.4, -0.2) is 40.9 Å². The third kappa shape index (κ3) is 4.11. The Morgan fingerprint density at radius 2 is 1.82 bits per heavy atom. The maximum atomic E-state index is 13.4. The summed E-state index contributed by atoms with van der Waals surface area (Å²) in [5.41, 5.74) is 2.20. The molecule has 4 aromatic rings. The van der Waals surface area contributed by atoms with E-state index in [2.05, 4.69) is 15.1 Å². The van der Waals surface area contributed by atoms with E-state index in [0.29, 0.717) is 36.7 Å². The van der Waals surface area contributed by atoms with Gasteiger partial charge in [-0.1, -0.05) is 53.2 Å². The van der Waals surface area contributed by atoms with Gasteiger partial charge in [-0.15, -0.1) is 0 Å². The van der Waals surface area contributed by atoms with Crippen molar-refractivity contribution in [2.24, 2.45) is 0 Å². The third-order valence-electron chi connectivity index (χ3n) is 5.78. The number of aryl methyl sites for hydroxylation is 1. The number of hydrogen-bond donors (Lipinski definition) is 0. The molecule has 1 saturated heterocycles. The van der Waals surface area contributed by atoms with E-state index < -0.39 is 15.1 Å². The van der Waals surface area contributed by atoms with Crippen molar-refractivity contribution in [1.82, 2.24) is 19.4 Å². The van der Waals surface area contributed by atoms with Gasteiger partial charge in [0.2, 0.25) is 17.6 Å². The molecular weight excluding hydrogens is 454 g/mol. The Morgan fingerprint density at radius 3 is 2.56 bits per heavy atom. The van der Waals surface area contributed by atoms with Crippen LogP contribution in [0.5, 0.6) is 0 Å². The monoisotopic (exact) mass is 475 g/mol. The van der Waals surface area contributed by atoms with E-state index in [1.165, 1.54) is 4.31 Å². The molecular formula is C24H21N5O4S. The Labute approximate surface area is 196 Å². The van der Waals surface area contributed by atoms with Crippen molar-refractivity contribution in [3.8, 4) is 28.9 Å². The molecule has 34 heavy (non-hydrogen) atoms. The molecule has 1 aliphatic heterocycles. The summed E-state index contributed by atoms with van der Waals surface area (Å²) in [6, 6.07) is 18.6. The predicted molar refractivity (Wildman–Crippen MR) is 122 cm³/mol. The summed E-state index contributed by atoms with van der Waals surface area (Å²) in [7, 11) is -4.09. The summed E-state index contributed by atoms with van der Waals surface area (Å²) in [6.45, 7) is 2.38. The lowest BCUT2D eigenvalue weighted by Gasteiger charge is -2.29. The highest BCUT2D eigenvalue weighted by Crippen LogP contribution is 2.33. The Hall–Kier alpha value is -3.81. The Balaban J connectivity index is 1.41. The molecule has 0 bridgehead atoms. The summed E-state index contributed by atoms with van der Waals surface area (Å²) in [6.07, 6.45) is 1.31. The van der Waals surface area contributed by atoms with E-state index in [1.54, 1.807) is 12.1 Å². The zero-order valence-electron chi connectivity index (χ0n) is 18.4. The molecule has 10 heteroatoms. The highest BCUT2D eigenvalue weighted by molar-refractivity contribution is 7.89. The van der Waals surface area contributed by atoms with Crippen LogP contribution < -0.4 is 0 Å². The van der Waals surface area contributed by atoms with Gasteiger partial charge in [-0.3, -0.25) is 0 Å². The highest BCUT2D eigenvalue weighted by Gasteiger charge is 2.37. The lowest BCUT2D eigenvalue weighted by Crippen LogP contribution is -2.39. The quantitative estimate of drug-likeness (QED) is 0.421. The van der Waals surface area contributed by atoms with E-state index in [9.17, 15) is 13.7 Å². The van der Waals surface area contributed by atoms with Crippen LogP contribution in [0.1, 0.15) is 35.9 Å².